The Morgan fingerprint density at radius 2 is 2.27 bits per heavy atom. The molecule has 1 heterocycles. The molecule has 0 radical (unpaired) electrons. The molecule has 0 fully saturated rings. The maximum absolute atomic E-state index is 11.1. The topological polar surface area (TPSA) is 50.7 Å². The fourth-order valence-electron chi connectivity index (χ4n) is 0.905. The largest absolute Gasteiger partial charge is 0.377 e. The van der Waals surface area contributed by atoms with Gasteiger partial charge in [0, 0.05) is 7.11 Å². The molecule has 0 aromatic rings. The van der Waals surface area contributed by atoms with E-state index in [4.69, 9.17) is 4.74 Å². The molecule has 0 bridgehead atoms. The maximum atomic E-state index is 11.1. The number of amidine groups is 1. The van der Waals surface area contributed by atoms with Gasteiger partial charge in [-0.05, 0) is 13.8 Å². The second kappa shape index (κ2) is 2.62. The minimum absolute atomic E-state index is 0.0652. The molecule has 1 rings (SSSR count). The van der Waals surface area contributed by atoms with E-state index < -0.39 is 5.54 Å². The quantitative estimate of drug-likeness (QED) is 0.609. The smallest absolute Gasteiger partial charge is 0.252 e. The zero-order chi connectivity index (χ0) is 8.48. The third-order valence-electron chi connectivity index (χ3n) is 1.51. The first-order chi connectivity index (χ1) is 5.06. The van der Waals surface area contributed by atoms with Crippen LogP contribution >= 0.6 is 0 Å². The Morgan fingerprint density at radius 3 is 2.64 bits per heavy atom. The average Bonchev–Trinajstić information content (AvgIpc) is 2.08. The highest BCUT2D eigenvalue weighted by Gasteiger charge is 2.33. The Bertz CT molecular complexity index is 208. The van der Waals surface area contributed by atoms with E-state index in [-0.39, 0.29) is 5.91 Å². The molecule has 4 nitrogen and oxygen atoms in total. The number of carbonyl (C=O) groups excluding carboxylic acids is 1. The predicted octanol–water partition coefficient (Wildman–Crippen LogP) is -0.0603. The number of rotatable bonds is 2. The molecule has 0 unspecified atom stereocenters. The van der Waals surface area contributed by atoms with Gasteiger partial charge in [-0.1, -0.05) is 0 Å². The van der Waals surface area contributed by atoms with Crippen LogP contribution in [-0.4, -0.2) is 31.0 Å². The lowest BCUT2D eigenvalue weighted by Gasteiger charge is -2.07. The average molecular weight is 156 g/mol. The molecule has 1 amide bonds. The summed E-state index contributed by atoms with van der Waals surface area (Å²) in [4.78, 5) is 15.2. The molecule has 1 N–H and O–H groups in total. The monoisotopic (exact) mass is 156 g/mol. The maximum Gasteiger partial charge on any atom is 0.252 e. The van der Waals surface area contributed by atoms with Crippen LogP contribution in [0.5, 0.6) is 0 Å². The van der Waals surface area contributed by atoms with Gasteiger partial charge in [0.05, 0.1) is 0 Å². The first-order valence-electron chi connectivity index (χ1n) is 3.45. The highest BCUT2D eigenvalue weighted by Crippen LogP contribution is 2.13. The van der Waals surface area contributed by atoms with Crippen LogP contribution in [0.25, 0.3) is 0 Å². The lowest BCUT2D eigenvalue weighted by Crippen LogP contribution is -2.35. The number of ether oxygens (including phenoxy) is 1. The number of nitrogens with zero attached hydrogens (tertiary/aromatic N) is 1. The SMILES string of the molecule is COCC1=NC(C)(C)C(=O)N1. The molecule has 0 aliphatic carbocycles. The highest BCUT2D eigenvalue weighted by atomic mass is 16.5. The van der Waals surface area contributed by atoms with Gasteiger partial charge in [-0.25, -0.2) is 0 Å². The number of aliphatic imine (C=N–C) groups is 1. The summed E-state index contributed by atoms with van der Waals surface area (Å²) < 4.78 is 4.82. The van der Waals surface area contributed by atoms with Crippen LogP contribution in [0.1, 0.15) is 13.8 Å². The van der Waals surface area contributed by atoms with Gasteiger partial charge in [-0.3, -0.25) is 9.79 Å². The second-order valence-electron chi connectivity index (χ2n) is 3.00. The van der Waals surface area contributed by atoms with Gasteiger partial charge >= 0.3 is 0 Å². The molecule has 0 aromatic carbocycles. The van der Waals surface area contributed by atoms with Crippen molar-refractivity contribution in [1.82, 2.24) is 5.32 Å². The van der Waals surface area contributed by atoms with E-state index >= 15 is 0 Å². The molecule has 62 valence electrons. The molecule has 0 aromatic heterocycles. The van der Waals surface area contributed by atoms with Crippen LogP contribution in [0.4, 0.5) is 0 Å². The van der Waals surface area contributed by atoms with Gasteiger partial charge in [0.15, 0.2) is 0 Å². The van der Waals surface area contributed by atoms with Crippen molar-refractivity contribution >= 4 is 11.7 Å². The first-order valence-corrected chi connectivity index (χ1v) is 3.45. The third kappa shape index (κ3) is 1.57. The van der Waals surface area contributed by atoms with Crippen molar-refractivity contribution in [3.8, 4) is 0 Å². The Hall–Kier alpha value is -0.900. The van der Waals surface area contributed by atoms with Crippen molar-refractivity contribution in [2.24, 2.45) is 4.99 Å². The molecule has 4 heteroatoms. The minimum atomic E-state index is -0.617. The van der Waals surface area contributed by atoms with E-state index in [0.717, 1.165) is 0 Å². The summed E-state index contributed by atoms with van der Waals surface area (Å²) >= 11 is 0. The van der Waals surface area contributed by atoms with E-state index in [1.165, 1.54) is 0 Å². The fraction of sp³-hybridized carbons (Fsp3) is 0.714. The molecule has 0 spiro atoms. The summed E-state index contributed by atoms with van der Waals surface area (Å²) in [5.74, 6) is 0.548. The van der Waals surface area contributed by atoms with E-state index in [1.807, 2.05) is 0 Å². The lowest BCUT2D eigenvalue weighted by atomic mass is 10.1. The predicted molar refractivity (Wildman–Crippen MR) is 41.5 cm³/mol. The molecule has 0 atom stereocenters. The summed E-state index contributed by atoms with van der Waals surface area (Å²) in [5, 5.41) is 2.63. The summed E-state index contributed by atoms with van der Waals surface area (Å²) in [6, 6.07) is 0. The molecule has 1 aliphatic heterocycles. The summed E-state index contributed by atoms with van der Waals surface area (Å²) in [6.07, 6.45) is 0. The first kappa shape index (κ1) is 8.20. The van der Waals surface area contributed by atoms with Crippen LogP contribution in [0, 0.1) is 0 Å². The van der Waals surface area contributed by atoms with Gasteiger partial charge in [-0.15, -0.1) is 0 Å². The van der Waals surface area contributed by atoms with Crippen molar-refractivity contribution < 1.29 is 9.53 Å². The number of hydrogen-bond acceptors (Lipinski definition) is 3. The van der Waals surface area contributed by atoms with E-state index in [2.05, 4.69) is 10.3 Å². The number of hydrogen-bond donors (Lipinski definition) is 1. The van der Waals surface area contributed by atoms with Crippen LogP contribution < -0.4 is 5.32 Å². The van der Waals surface area contributed by atoms with Crippen LogP contribution in [0.2, 0.25) is 0 Å². The van der Waals surface area contributed by atoms with Gasteiger partial charge in [-0.2, -0.15) is 0 Å². The number of methoxy groups -OCH3 is 1. The third-order valence-corrected chi connectivity index (χ3v) is 1.51. The summed E-state index contributed by atoms with van der Waals surface area (Å²) in [6.45, 7) is 3.91. The van der Waals surface area contributed by atoms with Gasteiger partial charge < -0.3 is 10.1 Å². The molecule has 0 saturated heterocycles. The molecular formula is C7H12N2O2. The Morgan fingerprint density at radius 1 is 1.64 bits per heavy atom. The van der Waals surface area contributed by atoms with Crippen molar-refractivity contribution in [1.29, 1.82) is 0 Å². The standard InChI is InChI=1S/C7H12N2O2/c1-7(2)6(10)8-5(9-7)4-11-3/h4H2,1-3H3,(H,8,9,10). The van der Waals surface area contributed by atoms with Gasteiger partial charge in [0.1, 0.15) is 18.0 Å². The lowest BCUT2D eigenvalue weighted by molar-refractivity contribution is -0.122. The van der Waals surface area contributed by atoms with E-state index in [1.54, 1.807) is 21.0 Å². The van der Waals surface area contributed by atoms with Crippen LogP contribution in [0.15, 0.2) is 4.99 Å². The zero-order valence-electron chi connectivity index (χ0n) is 6.97. The Balaban J connectivity index is 2.68. The Labute approximate surface area is 65.6 Å². The van der Waals surface area contributed by atoms with Crippen LogP contribution in [-0.2, 0) is 9.53 Å². The van der Waals surface area contributed by atoms with Gasteiger partial charge in [0.2, 0.25) is 0 Å². The van der Waals surface area contributed by atoms with Crippen molar-refractivity contribution in [3.05, 3.63) is 0 Å². The molecule has 0 saturated carbocycles. The Kier molecular flexibility index (Phi) is 1.95. The normalized spacial score (nSPS) is 21.4. The van der Waals surface area contributed by atoms with Crippen molar-refractivity contribution in [2.45, 2.75) is 19.4 Å². The number of carbonyl (C=O) groups is 1. The van der Waals surface area contributed by atoms with Crippen LogP contribution in [0.3, 0.4) is 0 Å². The number of nitrogens with one attached hydrogen (secondary N) is 1. The molecule has 11 heavy (non-hydrogen) atoms. The zero-order valence-corrected chi connectivity index (χ0v) is 6.97. The van der Waals surface area contributed by atoms with Crippen molar-refractivity contribution in [3.63, 3.8) is 0 Å². The summed E-state index contributed by atoms with van der Waals surface area (Å²) in [5.41, 5.74) is -0.617. The number of amides is 1. The molecule has 1 aliphatic rings. The fourth-order valence-corrected chi connectivity index (χ4v) is 0.905. The van der Waals surface area contributed by atoms with E-state index in [9.17, 15) is 4.79 Å². The van der Waals surface area contributed by atoms with E-state index in [0.29, 0.717) is 12.4 Å². The summed E-state index contributed by atoms with van der Waals surface area (Å²) in [7, 11) is 1.57. The van der Waals surface area contributed by atoms with Gasteiger partial charge in [0.25, 0.3) is 5.91 Å². The van der Waals surface area contributed by atoms with Crippen molar-refractivity contribution in [2.75, 3.05) is 13.7 Å². The highest BCUT2D eigenvalue weighted by molar-refractivity contribution is 6.08. The second-order valence-corrected chi connectivity index (χ2v) is 3.00. The molecular weight excluding hydrogens is 144 g/mol. The minimum Gasteiger partial charge on any atom is -0.377 e.